The van der Waals surface area contributed by atoms with Crippen molar-refractivity contribution in [2.24, 2.45) is 0 Å². The van der Waals surface area contributed by atoms with E-state index in [0.29, 0.717) is 38.3 Å². The standard InChI is InChI=1S/C40H47NO5/c1-4-45-39(42)15-8-9-26-41(28-34-22-24-36(25-23-34)40(43)44-3)29-38(37-14-10-11-31(2)27-37)46-30-35-20-18-33(19-21-35)17-16-32-12-6-5-7-13-32/h5-7,10-14,18-25,27,38H,4,8-9,15-17,26,28-30H2,1-3H3. The van der Waals surface area contributed by atoms with Crippen molar-refractivity contribution in [2.75, 3.05) is 26.8 Å². The minimum Gasteiger partial charge on any atom is -0.466 e. The lowest BCUT2D eigenvalue weighted by Gasteiger charge is -2.28. The van der Waals surface area contributed by atoms with E-state index in [1.54, 1.807) is 12.1 Å². The van der Waals surface area contributed by atoms with Crippen LogP contribution in [-0.4, -0.2) is 43.6 Å². The van der Waals surface area contributed by atoms with Crippen LogP contribution in [0.15, 0.2) is 103 Å². The number of unbranched alkanes of at least 4 members (excludes halogenated alkanes) is 1. The van der Waals surface area contributed by atoms with Gasteiger partial charge in [-0.25, -0.2) is 4.79 Å². The molecule has 0 saturated carbocycles. The first kappa shape index (κ1) is 34.6. The molecule has 46 heavy (non-hydrogen) atoms. The molecule has 0 aliphatic heterocycles. The average Bonchev–Trinajstić information content (AvgIpc) is 3.08. The van der Waals surface area contributed by atoms with Crippen LogP contribution in [0.2, 0.25) is 0 Å². The highest BCUT2D eigenvalue weighted by molar-refractivity contribution is 5.89. The molecule has 1 unspecified atom stereocenters. The molecular weight excluding hydrogens is 574 g/mol. The molecule has 0 radical (unpaired) electrons. The maximum Gasteiger partial charge on any atom is 0.337 e. The number of methoxy groups -OCH3 is 1. The quantitative estimate of drug-likeness (QED) is 0.0827. The molecule has 6 nitrogen and oxygen atoms in total. The third kappa shape index (κ3) is 11.6. The highest BCUT2D eigenvalue weighted by Crippen LogP contribution is 2.24. The van der Waals surface area contributed by atoms with Gasteiger partial charge < -0.3 is 14.2 Å². The normalized spacial score (nSPS) is 11.7. The zero-order chi connectivity index (χ0) is 32.6. The Bertz CT molecular complexity index is 1480. The Morgan fingerprint density at radius 1 is 0.761 bits per heavy atom. The molecule has 4 aromatic rings. The second kappa shape index (κ2) is 18.6. The predicted molar refractivity (Wildman–Crippen MR) is 183 cm³/mol. The third-order valence-electron chi connectivity index (χ3n) is 8.05. The van der Waals surface area contributed by atoms with Crippen LogP contribution in [-0.2, 0) is 45.0 Å². The molecule has 0 heterocycles. The number of carbonyl (C=O) groups is 2. The van der Waals surface area contributed by atoms with Gasteiger partial charge in [-0.3, -0.25) is 9.69 Å². The molecular formula is C40H47NO5. The van der Waals surface area contributed by atoms with Gasteiger partial charge in [0.1, 0.15) is 0 Å². The first-order valence-electron chi connectivity index (χ1n) is 16.3. The van der Waals surface area contributed by atoms with E-state index >= 15 is 0 Å². The van der Waals surface area contributed by atoms with Gasteiger partial charge in [0, 0.05) is 19.5 Å². The van der Waals surface area contributed by atoms with Crippen molar-refractivity contribution in [1.82, 2.24) is 4.90 Å². The number of esters is 2. The molecule has 0 fully saturated rings. The Morgan fingerprint density at radius 3 is 2.11 bits per heavy atom. The fraction of sp³-hybridized carbons (Fsp3) is 0.350. The van der Waals surface area contributed by atoms with Gasteiger partial charge in [-0.2, -0.15) is 0 Å². The number of nitrogens with zero attached hydrogens (tertiary/aromatic N) is 1. The number of aryl methyl sites for hydroxylation is 3. The average molecular weight is 622 g/mol. The van der Waals surface area contributed by atoms with Crippen LogP contribution in [0, 0.1) is 6.92 Å². The Morgan fingerprint density at radius 2 is 1.43 bits per heavy atom. The Labute approximate surface area is 274 Å². The molecule has 0 aromatic heterocycles. The summed E-state index contributed by atoms with van der Waals surface area (Å²) in [7, 11) is 1.39. The van der Waals surface area contributed by atoms with Crippen LogP contribution in [0.4, 0.5) is 0 Å². The first-order chi connectivity index (χ1) is 22.4. The lowest BCUT2D eigenvalue weighted by atomic mass is 10.0. The van der Waals surface area contributed by atoms with Gasteiger partial charge in [0.25, 0.3) is 0 Å². The summed E-state index contributed by atoms with van der Waals surface area (Å²) in [4.78, 5) is 26.3. The lowest BCUT2D eigenvalue weighted by molar-refractivity contribution is -0.143. The third-order valence-corrected chi connectivity index (χ3v) is 8.05. The lowest BCUT2D eigenvalue weighted by Crippen LogP contribution is -2.30. The van der Waals surface area contributed by atoms with Crippen molar-refractivity contribution in [1.29, 1.82) is 0 Å². The number of rotatable bonds is 18. The van der Waals surface area contributed by atoms with Gasteiger partial charge in [0.2, 0.25) is 0 Å². The molecule has 0 saturated heterocycles. The van der Waals surface area contributed by atoms with E-state index in [1.807, 2.05) is 19.1 Å². The van der Waals surface area contributed by atoms with Crippen LogP contribution in [0.3, 0.4) is 0 Å². The van der Waals surface area contributed by atoms with Gasteiger partial charge in [0.15, 0.2) is 0 Å². The maximum absolute atomic E-state index is 12.0. The van der Waals surface area contributed by atoms with E-state index in [2.05, 4.69) is 90.7 Å². The van der Waals surface area contributed by atoms with E-state index in [-0.39, 0.29) is 18.0 Å². The van der Waals surface area contributed by atoms with Gasteiger partial charge in [-0.05, 0) is 86.0 Å². The summed E-state index contributed by atoms with van der Waals surface area (Å²) in [5, 5.41) is 0. The topological polar surface area (TPSA) is 65.1 Å². The van der Waals surface area contributed by atoms with Crippen molar-refractivity contribution in [3.63, 3.8) is 0 Å². The molecule has 0 aliphatic rings. The SMILES string of the molecule is CCOC(=O)CCCCN(Cc1ccc(C(=O)OC)cc1)CC(OCc1ccc(CCc2ccccc2)cc1)c1cccc(C)c1. The number of benzene rings is 4. The van der Waals surface area contributed by atoms with Gasteiger partial charge >= 0.3 is 11.9 Å². The molecule has 0 amide bonds. The zero-order valence-electron chi connectivity index (χ0n) is 27.5. The fourth-order valence-electron chi connectivity index (χ4n) is 5.49. The molecule has 4 aromatic carbocycles. The van der Waals surface area contributed by atoms with E-state index in [9.17, 15) is 9.59 Å². The Balaban J connectivity index is 1.45. The van der Waals surface area contributed by atoms with Crippen LogP contribution in [0.25, 0.3) is 0 Å². The molecule has 0 spiro atoms. The molecule has 1 atom stereocenters. The van der Waals surface area contributed by atoms with E-state index in [0.717, 1.165) is 48.9 Å². The molecule has 242 valence electrons. The van der Waals surface area contributed by atoms with Gasteiger partial charge in [-0.1, -0.05) is 96.6 Å². The van der Waals surface area contributed by atoms with Crippen molar-refractivity contribution < 1.29 is 23.8 Å². The Hall–Kier alpha value is -4.26. The van der Waals surface area contributed by atoms with Crippen molar-refractivity contribution in [3.05, 3.63) is 142 Å². The summed E-state index contributed by atoms with van der Waals surface area (Å²) in [5.41, 5.74) is 7.74. The van der Waals surface area contributed by atoms with Crippen molar-refractivity contribution in [2.45, 2.75) is 65.2 Å². The van der Waals surface area contributed by atoms with Crippen LogP contribution in [0.1, 0.15) is 76.0 Å². The minimum atomic E-state index is -0.348. The summed E-state index contributed by atoms with van der Waals surface area (Å²) < 4.78 is 16.7. The predicted octanol–water partition coefficient (Wildman–Crippen LogP) is 8.06. The van der Waals surface area contributed by atoms with Gasteiger partial charge in [-0.15, -0.1) is 0 Å². The largest absolute Gasteiger partial charge is 0.466 e. The van der Waals surface area contributed by atoms with Gasteiger partial charge in [0.05, 0.1) is 32.0 Å². The molecule has 0 N–H and O–H groups in total. The molecule has 4 rings (SSSR count). The Kier molecular flexibility index (Phi) is 14.0. The summed E-state index contributed by atoms with van der Waals surface area (Å²) >= 11 is 0. The second-order valence-electron chi connectivity index (χ2n) is 11.7. The fourth-order valence-corrected chi connectivity index (χ4v) is 5.49. The van der Waals surface area contributed by atoms with Crippen LogP contribution >= 0.6 is 0 Å². The monoisotopic (exact) mass is 621 g/mol. The number of ether oxygens (including phenoxy) is 3. The first-order valence-corrected chi connectivity index (χ1v) is 16.3. The van der Waals surface area contributed by atoms with Crippen molar-refractivity contribution >= 4 is 11.9 Å². The van der Waals surface area contributed by atoms with E-state index < -0.39 is 0 Å². The van der Waals surface area contributed by atoms with Crippen LogP contribution < -0.4 is 0 Å². The summed E-state index contributed by atoms with van der Waals surface area (Å²) in [6, 6.07) is 35.4. The molecule has 0 bridgehead atoms. The zero-order valence-corrected chi connectivity index (χ0v) is 27.5. The van der Waals surface area contributed by atoms with E-state index in [4.69, 9.17) is 14.2 Å². The molecule has 6 heteroatoms. The van der Waals surface area contributed by atoms with E-state index in [1.165, 1.54) is 23.8 Å². The highest BCUT2D eigenvalue weighted by atomic mass is 16.5. The molecule has 0 aliphatic carbocycles. The number of hydrogen-bond donors (Lipinski definition) is 0. The smallest absolute Gasteiger partial charge is 0.337 e. The van der Waals surface area contributed by atoms with Crippen molar-refractivity contribution in [3.8, 4) is 0 Å². The van der Waals surface area contributed by atoms with Crippen LogP contribution in [0.5, 0.6) is 0 Å². The summed E-state index contributed by atoms with van der Waals surface area (Å²) in [6.45, 7) is 6.99. The number of carbonyl (C=O) groups excluding carboxylic acids is 2. The summed E-state index contributed by atoms with van der Waals surface area (Å²) in [5.74, 6) is -0.501. The highest BCUT2D eigenvalue weighted by Gasteiger charge is 2.19. The second-order valence-corrected chi connectivity index (χ2v) is 11.7. The minimum absolute atomic E-state index is 0.153. The number of hydrogen-bond acceptors (Lipinski definition) is 6. The summed E-state index contributed by atoms with van der Waals surface area (Å²) in [6.07, 6.45) is 3.88. The maximum atomic E-state index is 12.0.